The highest BCUT2D eigenvalue weighted by Gasteiger charge is 2.14. The molecule has 2 aromatic carbocycles. The van der Waals surface area contributed by atoms with Gasteiger partial charge in [0.05, 0.1) is 5.70 Å². The van der Waals surface area contributed by atoms with Gasteiger partial charge in [0.1, 0.15) is 0 Å². The largest absolute Gasteiger partial charge is 0.220 e. The molecular formula is C19H19ClFN. The summed E-state index contributed by atoms with van der Waals surface area (Å²) in [4.78, 5) is 4.03. The highest BCUT2D eigenvalue weighted by molar-refractivity contribution is 6.32. The van der Waals surface area contributed by atoms with Crippen molar-refractivity contribution in [2.45, 2.75) is 26.2 Å². The maximum Gasteiger partial charge on any atom is 0.220 e. The molecule has 0 aliphatic carbocycles. The minimum absolute atomic E-state index is 0.269. The van der Waals surface area contributed by atoms with E-state index in [0.29, 0.717) is 21.8 Å². The molecule has 0 aliphatic heterocycles. The molecule has 0 heterocycles. The zero-order valence-corrected chi connectivity index (χ0v) is 13.6. The van der Waals surface area contributed by atoms with Gasteiger partial charge in [0.2, 0.25) is 5.97 Å². The zero-order chi connectivity index (χ0) is 16.1. The molecule has 0 radical (unpaired) electrons. The molecule has 0 bridgehead atoms. The summed E-state index contributed by atoms with van der Waals surface area (Å²) >= 11 is 6.10. The fraction of sp³-hybridized carbons (Fsp3) is 0.211. The number of benzene rings is 2. The molecule has 22 heavy (non-hydrogen) atoms. The number of hydrogen-bond acceptors (Lipinski definition) is 1. The number of aliphatic imine (C=N–C) groups is 1. The second-order valence-electron chi connectivity index (χ2n) is 5.23. The Bertz CT molecular complexity index is 706. The van der Waals surface area contributed by atoms with Crippen molar-refractivity contribution in [2.75, 3.05) is 0 Å². The molecular weight excluding hydrogens is 297 g/mol. The van der Waals surface area contributed by atoms with E-state index in [9.17, 15) is 4.39 Å². The van der Waals surface area contributed by atoms with Crippen LogP contribution in [0.5, 0.6) is 0 Å². The molecule has 0 amide bonds. The highest BCUT2D eigenvalue weighted by atomic mass is 35.5. The fourth-order valence-corrected chi connectivity index (χ4v) is 2.51. The Labute approximate surface area is 136 Å². The molecule has 1 unspecified atom stereocenters. The SMILES string of the molecule is C=C(N=C(F)c1ccccc1C(C)CC)c1ccccc1Cl. The third-order valence-corrected chi connectivity index (χ3v) is 4.07. The molecule has 0 fully saturated rings. The molecule has 0 aliphatic rings. The maximum atomic E-state index is 14.6. The van der Waals surface area contributed by atoms with E-state index in [-0.39, 0.29) is 5.92 Å². The monoisotopic (exact) mass is 315 g/mol. The number of halogens is 2. The molecule has 0 N–H and O–H groups in total. The van der Waals surface area contributed by atoms with Gasteiger partial charge in [-0.25, -0.2) is 4.99 Å². The molecule has 0 spiro atoms. The van der Waals surface area contributed by atoms with Crippen LogP contribution in [-0.2, 0) is 0 Å². The third kappa shape index (κ3) is 3.63. The summed E-state index contributed by atoms with van der Waals surface area (Å²) in [6.07, 6.45) is 0.940. The van der Waals surface area contributed by atoms with Crippen LogP contribution in [0.15, 0.2) is 60.1 Å². The molecule has 2 aromatic rings. The summed E-state index contributed by atoms with van der Waals surface area (Å²) in [5, 5.41) is 0.513. The Balaban J connectivity index is 2.38. The molecule has 0 saturated carbocycles. The average molecular weight is 316 g/mol. The predicted octanol–water partition coefficient (Wildman–Crippen LogP) is 6.24. The molecule has 1 atom stereocenters. The Hall–Kier alpha value is -1.93. The zero-order valence-electron chi connectivity index (χ0n) is 12.8. The van der Waals surface area contributed by atoms with E-state index in [1.54, 1.807) is 18.2 Å². The van der Waals surface area contributed by atoms with Crippen LogP contribution in [0.4, 0.5) is 4.39 Å². The molecule has 0 saturated heterocycles. The van der Waals surface area contributed by atoms with Crippen molar-refractivity contribution in [3.8, 4) is 0 Å². The topological polar surface area (TPSA) is 12.4 Å². The van der Waals surface area contributed by atoms with E-state index >= 15 is 0 Å². The Kier molecular flexibility index (Phi) is 5.51. The van der Waals surface area contributed by atoms with Gasteiger partial charge < -0.3 is 0 Å². The maximum absolute atomic E-state index is 14.6. The van der Waals surface area contributed by atoms with E-state index in [1.165, 1.54) is 0 Å². The molecule has 2 rings (SSSR count). The van der Waals surface area contributed by atoms with Gasteiger partial charge in [0, 0.05) is 16.1 Å². The standard InChI is InChI=1S/C19H19ClFN/c1-4-13(2)15-9-5-6-11-17(15)19(21)22-14(3)16-10-7-8-12-18(16)20/h5-13H,3-4H2,1-2H3. The predicted molar refractivity (Wildman–Crippen MR) is 93.3 cm³/mol. The van der Waals surface area contributed by atoms with Crippen LogP contribution < -0.4 is 0 Å². The number of hydrogen-bond donors (Lipinski definition) is 0. The van der Waals surface area contributed by atoms with Crippen molar-refractivity contribution >= 4 is 23.3 Å². The van der Waals surface area contributed by atoms with E-state index in [4.69, 9.17) is 11.6 Å². The van der Waals surface area contributed by atoms with Crippen molar-refractivity contribution < 1.29 is 4.39 Å². The van der Waals surface area contributed by atoms with Crippen molar-refractivity contribution in [3.63, 3.8) is 0 Å². The van der Waals surface area contributed by atoms with Gasteiger partial charge in [-0.15, -0.1) is 0 Å². The third-order valence-electron chi connectivity index (χ3n) is 3.74. The van der Waals surface area contributed by atoms with Gasteiger partial charge in [-0.3, -0.25) is 0 Å². The molecule has 1 nitrogen and oxygen atoms in total. The van der Waals surface area contributed by atoms with Gasteiger partial charge in [-0.2, -0.15) is 4.39 Å². The number of rotatable bonds is 5. The van der Waals surface area contributed by atoms with Crippen molar-refractivity contribution in [2.24, 2.45) is 4.99 Å². The Morgan fingerprint density at radius 2 is 1.73 bits per heavy atom. The lowest BCUT2D eigenvalue weighted by atomic mass is 9.94. The minimum Gasteiger partial charge on any atom is -0.220 e. The van der Waals surface area contributed by atoms with Gasteiger partial charge in [-0.1, -0.05) is 74.5 Å². The summed E-state index contributed by atoms with van der Waals surface area (Å²) < 4.78 is 14.6. The van der Waals surface area contributed by atoms with Crippen molar-refractivity contribution in [1.29, 1.82) is 0 Å². The molecule has 0 aromatic heterocycles. The minimum atomic E-state index is -0.527. The molecule has 114 valence electrons. The summed E-state index contributed by atoms with van der Waals surface area (Å²) in [7, 11) is 0. The first kappa shape index (κ1) is 16.4. The van der Waals surface area contributed by atoms with Crippen molar-refractivity contribution in [3.05, 3.63) is 76.8 Å². The first-order valence-electron chi connectivity index (χ1n) is 7.31. The smallest absolute Gasteiger partial charge is 0.220 e. The van der Waals surface area contributed by atoms with Crippen LogP contribution in [0.2, 0.25) is 5.02 Å². The lowest BCUT2D eigenvalue weighted by Crippen LogP contribution is -2.03. The number of nitrogens with zero attached hydrogens (tertiary/aromatic N) is 1. The second-order valence-corrected chi connectivity index (χ2v) is 5.63. The summed E-state index contributed by atoms with van der Waals surface area (Å²) in [5.41, 5.74) is 2.44. The fourth-order valence-electron chi connectivity index (χ4n) is 2.27. The van der Waals surface area contributed by atoms with Crippen LogP contribution in [0.3, 0.4) is 0 Å². The van der Waals surface area contributed by atoms with Crippen LogP contribution in [0.1, 0.15) is 42.9 Å². The van der Waals surface area contributed by atoms with Gasteiger partial charge in [-0.05, 0) is 24.0 Å². The van der Waals surface area contributed by atoms with Crippen LogP contribution >= 0.6 is 11.6 Å². The van der Waals surface area contributed by atoms with Gasteiger partial charge >= 0.3 is 0 Å². The Morgan fingerprint density at radius 1 is 1.14 bits per heavy atom. The highest BCUT2D eigenvalue weighted by Crippen LogP contribution is 2.27. The van der Waals surface area contributed by atoms with Crippen LogP contribution in [0, 0.1) is 0 Å². The summed E-state index contributed by atoms with van der Waals surface area (Å²) in [6, 6.07) is 14.6. The van der Waals surface area contributed by atoms with Gasteiger partial charge in [0.25, 0.3) is 0 Å². The lowest BCUT2D eigenvalue weighted by Gasteiger charge is -2.13. The first-order chi connectivity index (χ1) is 10.5. The average Bonchev–Trinajstić information content (AvgIpc) is 2.54. The van der Waals surface area contributed by atoms with Gasteiger partial charge in [0.15, 0.2) is 0 Å². The first-order valence-corrected chi connectivity index (χ1v) is 7.69. The summed E-state index contributed by atoms with van der Waals surface area (Å²) in [6.45, 7) is 7.99. The van der Waals surface area contributed by atoms with E-state index in [1.807, 2.05) is 30.3 Å². The van der Waals surface area contributed by atoms with Crippen LogP contribution in [-0.4, -0.2) is 5.97 Å². The molecule has 3 heteroatoms. The van der Waals surface area contributed by atoms with E-state index in [0.717, 1.165) is 12.0 Å². The van der Waals surface area contributed by atoms with E-state index < -0.39 is 5.97 Å². The summed E-state index contributed by atoms with van der Waals surface area (Å²) in [5.74, 6) is -0.258. The normalized spacial score (nSPS) is 13.0. The lowest BCUT2D eigenvalue weighted by molar-refractivity contribution is 0.725. The Morgan fingerprint density at radius 3 is 2.36 bits per heavy atom. The van der Waals surface area contributed by atoms with Crippen molar-refractivity contribution in [1.82, 2.24) is 0 Å². The van der Waals surface area contributed by atoms with Crippen LogP contribution in [0.25, 0.3) is 5.70 Å². The van der Waals surface area contributed by atoms with E-state index in [2.05, 4.69) is 25.4 Å². The second kappa shape index (κ2) is 7.37. The quantitative estimate of drug-likeness (QED) is 0.579.